The molecule has 0 spiro atoms. The van der Waals surface area contributed by atoms with Gasteiger partial charge >= 0.3 is 0 Å². The third-order valence-electron chi connectivity index (χ3n) is 4.18. The highest BCUT2D eigenvalue weighted by Crippen LogP contribution is 2.20. The van der Waals surface area contributed by atoms with Gasteiger partial charge in [0.2, 0.25) is 11.7 Å². The summed E-state index contributed by atoms with van der Waals surface area (Å²) in [6.07, 6.45) is 1.36. The highest BCUT2D eigenvalue weighted by atomic mass is 16.6. The maximum absolute atomic E-state index is 12.6. The predicted octanol–water partition coefficient (Wildman–Crippen LogP) is 2.71. The maximum Gasteiger partial charge on any atom is 0.270 e. The van der Waals surface area contributed by atoms with E-state index < -0.39 is 10.5 Å². The SMILES string of the molecule is Cc1ccccc1-c1noc(Cn2cnc3ccc([N+](=O)[O-])cc3c2=O)n1. The Kier molecular flexibility index (Phi) is 3.96. The molecule has 0 aliphatic carbocycles. The van der Waals surface area contributed by atoms with E-state index in [0.29, 0.717) is 11.3 Å². The molecule has 0 saturated carbocycles. The van der Waals surface area contributed by atoms with Crippen molar-refractivity contribution < 1.29 is 9.45 Å². The molecular weight excluding hydrogens is 350 g/mol. The van der Waals surface area contributed by atoms with Gasteiger partial charge in [-0.2, -0.15) is 4.98 Å². The van der Waals surface area contributed by atoms with Crippen LogP contribution in [0.4, 0.5) is 5.69 Å². The standard InChI is InChI=1S/C18H13N5O4/c1-11-4-2-3-5-13(11)17-20-16(27-21-17)9-22-10-19-15-7-6-12(23(25)26)8-14(15)18(22)24/h2-8,10H,9H2,1H3. The van der Waals surface area contributed by atoms with Gasteiger partial charge in [-0.1, -0.05) is 29.4 Å². The second-order valence-electron chi connectivity index (χ2n) is 5.96. The molecule has 0 aliphatic heterocycles. The molecule has 9 nitrogen and oxygen atoms in total. The maximum atomic E-state index is 12.6. The van der Waals surface area contributed by atoms with Crippen molar-refractivity contribution in [2.45, 2.75) is 13.5 Å². The summed E-state index contributed by atoms with van der Waals surface area (Å²) < 4.78 is 6.53. The lowest BCUT2D eigenvalue weighted by Crippen LogP contribution is -2.21. The molecule has 4 rings (SSSR count). The Labute approximate surface area is 152 Å². The molecule has 0 bridgehead atoms. The van der Waals surface area contributed by atoms with Crippen molar-refractivity contribution in [1.29, 1.82) is 0 Å². The number of nitro benzene ring substituents is 1. The number of nitrogens with zero attached hydrogens (tertiary/aromatic N) is 5. The zero-order valence-electron chi connectivity index (χ0n) is 14.2. The van der Waals surface area contributed by atoms with Gasteiger partial charge in [0.25, 0.3) is 11.2 Å². The first-order chi connectivity index (χ1) is 13.0. The Bertz CT molecular complexity index is 1230. The monoisotopic (exact) mass is 363 g/mol. The Balaban J connectivity index is 1.70. The molecule has 0 aliphatic rings. The van der Waals surface area contributed by atoms with Crippen LogP contribution in [0.5, 0.6) is 0 Å². The van der Waals surface area contributed by atoms with Gasteiger partial charge in [-0.25, -0.2) is 4.98 Å². The van der Waals surface area contributed by atoms with Gasteiger partial charge in [-0.3, -0.25) is 19.5 Å². The molecule has 0 N–H and O–H groups in total. The Morgan fingerprint density at radius 1 is 1.22 bits per heavy atom. The number of aromatic nitrogens is 4. The summed E-state index contributed by atoms with van der Waals surface area (Å²) in [5.74, 6) is 0.669. The third-order valence-corrected chi connectivity index (χ3v) is 4.18. The lowest BCUT2D eigenvalue weighted by Gasteiger charge is -2.03. The zero-order valence-corrected chi connectivity index (χ0v) is 14.2. The number of nitro groups is 1. The first-order valence-electron chi connectivity index (χ1n) is 8.05. The highest BCUT2D eigenvalue weighted by Gasteiger charge is 2.14. The van der Waals surface area contributed by atoms with Crippen molar-refractivity contribution in [3.8, 4) is 11.4 Å². The van der Waals surface area contributed by atoms with Crippen LogP contribution in [0.15, 0.2) is 58.1 Å². The van der Waals surface area contributed by atoms with Gasteiger partial charge < -0.3 is 4.52 Å². The van der Waals surface area contributed by atoms with Crippen LogP contribution >= 0.6 is 0 Å². The number of benzene rings is 2. The van der Waals surface area contributed by atoms with Crippen molar-refractivity contribution >= 4 is 16.6 Å². The minimum absolute atomic E-state index is 0.0172. The summed E-state index contributed by atoms with van der Waals surface area (Å²) in [6.45, 7) is 1.96. The summed E-state index contributed by atoms with van der Waals surface area (Å²) in [5, 5.41) is 15.1. The lowest BCUT2D eigenvalue weighted by molar-refractivity contribution is -0.384. The quantitative estimate of drug-likeness (QED) is 0.404. The average molecular weight is 363 g/mol. The molecule has 2 aromatic carbocycles. The van der Waals surface area contributed by atoms with Crippen LogP contribution in [0.3, 0.4) is 0 Å². The Morgan fingerprint density at radius 2 is 2.04 bits per heavy atom. The number of hydrogen-bond donors (Lipinski definition) is 0. The van der Waals surface area contributed by atoms with Crippen LogP contribution in [0.2, 0.25) is 0 Å². The lowest BCUT2D eigenvalue weighted by atomic mass is 10.1. The van der Waals surface area contributed by atoms with E-state index in [4.69, 9.17) is 4.52 Å². The molecule has 0 radical (unpaired) electrons. The van der Waals surface area contributed by atoms with Gasteiger partial charge in [0.05, 0.1) is 22.2 Å². The number of hydrogen-bond acceptors (Lipinski definition) is 7. The second kappa shape index (κ2) is 6.45. The summed E-state index contributed by atoms with van der Waals surface area (Å²) >= 11 is 0. The fourth-order valence-electron chi connectivity index (χ4n) is 2.77. The van der Waals surface area contributed by atoms with E-state index in [9.17, 15) is 14.9 Å². The van der Waals surface area contributed by atoms with Crippen molar-refractivity contribution in [1.82, 2.24) is 19.7 Å². The van der Waals surface area contributed by atoms with Crippen LogP contribution in [-0.4, -0.2) is 24.6 Å². The molecule has 0 amide bonds. The number of rotatable bonds is 4. The molecule has 27 heavy (non-hydrogen) atoms. The molecule has 2 aromatic heterocycles. The average Bonchev–Trinajstić information content (AvgIpc) is 3.12. The highest BCUT2D eigenvalue weighted by molar-refractivity contribution is 5.79. The van der Waals surface area contributed by atoms with E-state index in [1.807, 2.05) is 31.2 Å². The molecule has 4 aromatic rings. The number of non-ortho nitro benzene ring substituents is 1. The van der Waals surface area contributed by atoms with Gasteiger partial charge in [0.1, 0.15) is 6.54 Å². The van der Waals surface area contributed by atoms with Crippen molar-refractivity contribution in [2.24, 2.45) is 0 Å². The van der Waals surface area contributed by atoms with E-state index in [-0.39, 0.29) is 23.5 Å². The molecule has 0 unspecified atom stereocenters. The molecule has 0 saturated heterocycles. The summed E-state index contributed by atoms with van der Waals surface area (Å²) in [7, 11) is 0. The van der Waals surface area contributed by atoms with E-state index in [1.54, 1.807) is 0 Å². The van der Waals surface area contributed by atoms with Crippen LogP contribution in [0, 0.1) is 17.0 Å². The molecule has 0 atom stereocenters. The van der Waals surface area contributed by atoms with E-state index in [1.165, 1.54) is 29.1 Å². The summed E-state index contributed by atoms with van der Waals surface area (Å²) in [5.41, 5.74) is 1.64. The van der Waals surface area contributed by atoms with Crippen LogP contribution in [-0.2, 0) is 6.54 Å². The second-order valence-corrected chi connectivity index (χ2v) is 5.96. The van der Waals surface area contributed by atoms with Crippen LogP contribution in [0.25, 0.3) is 22.3 Å². The number of aryl methyl sites for hydroxylation is 1. The first-order valence-corrected chi connectivity index (χ1v) is 8.05. The fourth-order valence-corrected chi connectivity index (χ4v) is 2.77. The molecule has 2 heterocycles. The smallest absolute Gasteiger partial charge is 0.270 e. The Hall–Kier alpha value is -3.88. The largest absolute Gasteiger partial charge is 0.337 e. The minimum Gasteiger partial charge on any atom is -0.337 e. The van der Waals surface area contributed by atoms with Crippen molar-refractivity contribution in [3.63, 3.8) is 0 Å². The van der Waals surface area contributed by atoms with Gasteiger partial charge in [-0.15, -0.1) is 0 Å². The van der Waals surface area contributed by atoms with Crippen molar-refractivity contribution in [2.75, 3.05) is 0 Å². The molecule has 134 valence electrons. The molecular formula is C18H13N5O4. The van der Waals surface area contributed by atoms with E-state index in [2.05, 4.69) is 15.1 Å². The zero-order chi connectivity index (χ0) is 19.0. The van der Waals surface area contributed by atoms with Gasteiger partial charge in [0, 0.05) is 17.7 Å². The number of fused-ring (bicyclic) bond motifs is 1. The summed E-state index contributed by atoms with van der Waals surface area (Å²) in [4.78, 5) is 31.5. The first kappa shape index (κ1) is 16.6. The topological polar surface area (TPSA) is 117 Å². The summed E-state index contributed by atoms with van der Waals surface area (Å²) in [6, 6.07) is 11.6. The van der Waals surface area contributed by atoms with E-state index >= 15 is 0 Å². The Morgan fingerprint density at radius 3 is 2.81 bits per heavy atom. The third kappa shape index (κ3) is 3.06. The van der Waals surface area contributed by atoms with E-state index in [0.717, 1.165) is 11.1 Å². The van der Waals surface area contributed by atoms with Gasteiger partial charge in [0.15, 0.2) is 0 Å². The predicted molar refractivity (Wildman–Crippen MR) is 96.2 cm³/mol. The molecule has 9 heteroatoms. The van der Waals surface area contributed by atoms with Crippen molar-refractivity contribution in [3.05, 3.63) is 80.7 Å². The normalized spacial score (nSPS) is 11.0. The van der Waals surface area contributed by atoms with Crippen LogP contribution < -0.4 is 5.56 Å². The van der Waals surface area contributed by atoms with Crippen LogP contribution in [0.1, 0.15) is 11.5 Å². The van der Waals surface area contributed by atoms with Gasteiger partial charge in [-0.05, 0) is 18.6 Å². The molecule has 0 fully saturated rings. The fraction of sp³-hybridized carbons (Fsp3) is 0.111. The minimum atomic E-state index is -0.553.